The van der Waals surface area contributed by atoms with E-state index in [2.05, 4.69) is 5.32 Å². The molecule has 0 heterocycles. The van der Waals surface area contributed by atoms with E-state index in [0.717, 1.165) is 0 Å². The third-order valence-electron chi connectivity index (χ3n) is 3.84. The molecule has 0 saturated carbocycles. The zero-order valence-electron chi connectivity index (χ0n) is 14.9. The van der Waals surface area contributed by atoms with Gasteiger partial charge in [-0.05, 0) is 48.0 Å². The lowest BCUT2D eigenvalue weighted by Gasteiger charge is -2.10. The van der Waals surface area contributed by atoms with Crippen molar-refractivity contribution in [3.8, 4) is 11.5 Å². The van der Waals surface area contributed by atoms with Gasteiger partial charge >= 0.3 is 5.97 Å². The first-order valence-corrected chi connectivity index (χ1v) is 9.23. The molecule has 0 saturated heterocycles. The highest BCUT2D eigenvalue weighted by Crippen LogP contribution is 2.34. The average Bonchev–Trinajstić information content (AvgIpc) is 2.71. The second kappa shape index (κ2) is 9.28. The molecule has 5 nitrogen and oxygen atoms in total. The van der Waals surface area contributed by atoms with Crippen LogP contribution in [-0.2, 0) is 4.79 Å². The van der Waals surface area contributed by atoms with Gasteiger partial charge in [0.25, 0.3) is 5.91 Å². The van der Waals surface area contributed by atoms with E-state index in [9.17, 15) is 14.7 Å². The van der Waals surface area contributed by atoms with Gasteiger partial charge < -0.3 is 15.2 Å². The van der Waals surface area contributed by atoms with Gasteiger partial charge in [-0.15, -0.1) is 0 Å². The van der Waals surface area contributed by atoms with Gasteiger partial charge in [-0.3, -0.25) is 4.79 Å². The number of benzene rings is 3. The Hall–Kier alpha value is -3.28. The van der Waals surface area contributed by atoms with Gasteiger partial charge in [-0.1, -0.05) is 59.6 Å². The lowest BCUT2D eigenvalue weighted by molar-refractivity contribution is -0.132. The number of amides is 1. The predicted molar refractivity (Wildman–Crippen MR) is 112 cm³/mol. The zero-order valence-corrected chi connectivity index (χ0v) is 16.4. The Morgan fingerprint density at radius 2 is 1.52 bits per heavy atom. The van der Waals surface area contributed by atoms with E-state index in [1.54, 1.807) is 66.7 Å². The molecule has 0 bridgehead atoms. The van der Waals surface area contributed by atoms with Crippen molar-refractivity contribution < 1.29 is 19.4 Å². The van der Waals surface area contributed by atoms with Crippen molar-refractivity contribution in [2.24, 2.45) is 0 Å². The number of halogens is 2. The van der Waals surface area contributed by atoms with Crippen LogP contribution >= 0.6 is 23.2 Å². The van der Waals surface area contributed by atoms with E-state index in [1.807, 2.05) is 0 Å². The number of hydrogen-bond donors (Lipinski definition) is 2. The lowest BCUT2D eigenvalue weighted by Crippen LogP contribution is -2.27. The van der Waals surface area contributed by atoms with Gasteiger partial charge in [0, 0.05) is 5.56 Å². The minimum atomic E-state index is -1.28. The van der Waals surface area contributed by atoms with Crippen LogP contribution in [0.3, 0.4) is 0 Å². The number of nitrogens with one attached hydrogen (secondary N) is 1. The largest absolute Gasteiger partial charge is 0.477 e. The SMILES string of the molecule is O=C(O)/C(=C/c1ccc(Oc2ccccc2Cl)c(Cl)c1)NC(=O)c1ccccc1. The van der Waals surface area contributed by atoms with Gasteiger partial charge in [0.05, 0.1) is 10.0 Å². The standard InChI is InChI=1S/C22H15Cl2NO4/c23-16-8-4-5-9-19(16)29-20-11-10-14(12-17(20)24)13-18(22(27)28)25-21(26)15-6-2-1-3-7-15/h1-13H,(H,25,26)(H,27,28)/b18-13-. The molecule has 0 aromatic heterocycles. The number of hydrogen-bond acceptors (Lipinski definition) is 3. The Kier molecular flexibility index (Phi) is 6.54. The molecule has 0 radical (unpaired) electrons. The summed E-state index contributed by atoms with van der Waals surface area (Å²) in [5, 5.41) is 12.5. The fraction of sp³-hybridized carbons (Fsp3) is 0. The van der Waals surface area contributed by atoms with Crippen LogP contribution in [0.15, 0.2) is 78.5 Å². The molecule has 0 aliphatic rings. The highest BCUT2D eigenvalue weighted by Gasteiger charge is 2.14. The van der Waals surface area contributed by atoms with Gasteiger partial charge in [0.2, 0.25) is 0 Å². The van der Waals surface area contributed by atoms with Crippen LogP contribution in [0.4, 0.5) is 0 Å². The van der Waals surface area contributed by atoms with Crippen LogP contribution in [0, 0.1) is 0 Å². The smallest absolute Gasteiger partial charge is 0.352 e. The fourth-order valence-corrected chi connectivity index (χ4v) is 2.84. The summed E-state index contributed by atoms with van der Waals surface area (Å²) >= 11 is 12.3. The maximum Gasteiger partial charge on any atom is 0.352 e. The first kappa shape index (κ1) is 20.5. The lowest BCUT2D eigenvalue weighted by atomic mass is 10.1. The number of rotatable bonds is 6. The Morgan fingerprint density at radius 1 is 0.862 bits per heavy atom. The first-order valence-electron chi connectivity index (χ1n) is 8.47. The number of carboxylic acid groups (broad SMARTS) is 1. The summed E-state index contributed by atoms with van der Waals surface area (Å²) in [7, 11) is 0. The van der Waals surface area contributed by atoms with Crippen LogP contribution in [-0.4, -0.2) is 17.0 Å². The molecular weight excluding hydrogens is 413 g/mol. The van der Waals surface area contributed by atoms with Crippen LogP contribution in [0.5, 0.6) is 11.5 Å². The van der Waals surface area contributed by atoms with Gasteiger partial charge in [0.1, 0.15) is 17.2 Å². The Bertz CT molecular complexity index is 1080. The molecule has 0 atom stereocenters. The number of carbonyl (C=O) groups is 2. The first-order chi connectivity index (χ1) is 13.9. The number of carboxylic acids is 1. The minimum absolute atomic E-state index is 0.262. The normalized spacial score (nSPS) is 11.0. The molecule has 29 heavy (non-hydrogen) atoms. The molecule has 3 aromatic carbocycles. The summed E-state index contributed by atoms with van der Waals surface area (Å²) in [4.78, 5) is 23.8. The van der Waals surface area contributed by atoms with E-state index in [-0.39, 0.29) is 10.7 Å². The Morgan fingerprint density at radius 3 is 2.17 bits per heavy atom. The quantitative estimate of drug-likeness (QED) is 0.498. The van der Waals surface area contributed by atoms with E-state index in [4.69, 9.17) is 27.9 Å². The maximum atomic E-state index is 12.2. The van der Waals surface area contributed by atoms with Crippen LogP contribution < -0.4 is 10.1 Å². The van der Waals surface area contributed by atoms with Gasteiger partial charge in [0.15, 0.2) is 0 Å². The topological polar surface area (TPSA) is 75.6 Å². The molecule has 3 aromatic rings. The van der Waals surface area contributed by atoms with Crippen molar-refractivity contribution in [3.63, 3.8) is 0 Å². The molecule has 0 spiro atoms. The molecule has 0 fully saturated rings. The van der Waals surface area contributed by atoms with Crippen molar-refractivity contribution in [1.82, 2.24) is 5.32 Å². The fourth-order valence-electron chi connectivity index (χ4n) is 2.44. The minimum Gasteiger partial charge on any atom is -0.477 e. The molecule has 7 heteroatoms. The molecule has 0 aliphatic carbocycles. The van der Waals surface area contributed by atoms with Crippen LogP contribution in [0.2, 0.25) is 10.0 Å². The summed E-state index contributed by atoms with van der Waals surface area (Å²) < 4.78 is 5.70. The average molecular weight is 428 g/mol. The van der Waals surface area contributed by atoms with Gasteiger partial charge in [-0.25, -0.2) is 4.79 Å². The molecule has 0 unspecified atom stereocenters. The summed E-state index contributed by atoms with van der Waals surface area (Å²) in [5.41, 5.74) is 0.545. The highest BCUT2D eigenvalue weighted by atomic mass is 35.5. The van der Waals surface area contributed by atoms with Crippen LogP contribution in [0.1, 0.15) is 15.9 Å². The summed E-state index contributed by atoms with van der Waals surface area (Å²) in [6.45, 7) is 0. The van der Waals surface area contributed by atoms with Crippen molar-refractivity contribution in [1.29, 1.82) is 0 Å². The van der Waals surface area contributed by atoms with Crippen molar-refractivity contribution in [3.05, 3.63) is 99.7 Å². The number of aliphatic carboxylic acids is 1. The third-order valence-corrected chi connectivity index (χ3v) is 4.45. The van der Waals surface area contributed by atoms with E-state index in [0.29, 0.717) is 27.6 Å². The molecule has 2 N–H and O–H groups in total. The second-order valence-corrected chi connectivity index (χ2v) is 6.72. The summed E-state index contributed by atoms with van der Waals surface area (Å²) in [6.07, 6.45) is 1.31. The van der Waals surface area contributed by atoms with Crippen LogP contribution in [0.25, 0.3) is 6.08 Å². The third kappa shape index (κ3) is 5.38. The van der Waals surface area contributed by atoms with Gasteiger partial charge in [-0.2, -0.15) is 0 Å². The molecule has 3 rings (SSSR count). The number of ether oxygens (including phenoxy) is 1. The summed E-state index contributed by atoms with van der Waals surface area (Å²) in [6, 6.07) is 20.0. The summed E-state index contributed by atoms with van der Waals surface area (Å²) in [5.74, 6) is -0.992. The number of carbonyl (C=O) groups excluding carboxylic acids is 1. The monoisotopic (exact) mass is 427 g/mol. The molecule has 1 amide bonds. The zero-order chi connectivity index (χ0) is 20.8. The molecular formula is C22H15Cl2NO4. The Labute approximate surface area is 177 Å². The molecule has 0 aliphatic heterocycles. The van der Waals surface area contributed by atoms with E-state index >= 15 is 0 Å². The van der Waals surface area contributed by atoms with E-state index < -0.39 is 11.9 Å². The van der Waals surface area contributed by atoms with Crippen molar-refractivity contribution >= 4 is 41.2 Å². The van der Waals surface area contributed by atoms with Crippen molar-refractivity contribution in [2.45, 2.75) is 0 Å². The molecule has 146 valence electrons. The Balaban J connectivity index is 1.81. The second-order valence-electron chi connectivity index (χ2n) is 5.91. The predicted octanol–water partition coefficient (Wildman–Crippen LogP) is 5.64. The van der Waals surface area contributed by atoms with Crippen molar-refractivity contribution in [2.75, 3.05) is 0 Å². The van der Waals surface area contributed by atoms with E-state index in [1.165, 1.54) is 12.1 Å². The maximum absolute atomic E-state index is 12.2. The highest BCUT2D eigenvalue weighted by molar-refractivity contribution is 6.33. The number of para-hydroxylation sites is 1.